The van der Waals surface area contributed by atoms with Crippen molar-refractivity contribution in [2.24, 2.45) is 0 Å². The van der Waals surface area contributed by atoms with Crippen LogP contribution < -0.4 is 0 Å². The number of amides is 1. The lowest BCUT2D eigenvalue weighted by Crippen LogP contribution is -2.32. The number of nitrogens with zero attached hydrogens (tertiary/aromatic N) is 3. The van der Waals surface area contributed by atoms with Crippen LogP contribution in [-0.2, 0) is 17.6 Å². The molecule has 5 heteroatoms. The van der Waals surface area contributed by atoms with Gasteiger partial charge in [-0.05, 0) is 37.7 Å². The van der Waals surface area contributed by atoms with Crippen molar-refractivity contribution in [3.8, 4) is 0 Å². The van der Waals surface area contributed by atoms with Crippen molar-refractivity contribution in [1.29, 1.82) is 0 Å². The van der Waals surface area contributed by atoms with Gasteiger partial charge in [0.15, 0.2) is 5.82 Å². The maximum absolute atomic E-state index is 11.1. The molecule has 1 amide bonds. The van der Waals surface area contributed by atoms with Gasteiger partial charge in [0.2, 0.25) is 12.3 Å². The molecule has 1 unspecified atom stereocenters. The van der Waals surface area contributed by atoms with Crippen molar-refractivity contribution in [1.82, 2.24) is 15.0 Å². The average Bonchev–Trinajstić information content (AvgIpc) is 3.04. The summed E-state index contributed by atoms with van der Waals surface area (Å²) in [6, 6.07) is 10.4. The minimum Gasteiger partial charge on any atom is -0.337 e. The molecule has 0 N–H and O–H groups in total. The standard InChI is InChI=1S/C17H21N3O2/c21-13-20-12-5-4-10-15(20)17-18-16(19-22-17)11-6-9-14-7-2-1-3-8-14/h1-3,7-8,13,15H,4-6,9-12H2. The summed E-state index contributed by atoms with van der Waals surface area (Å²) >= 11 is 0. The minimum atomic E-state index is -0.0402. The highest BCUT2D eigenvalue weighted by molar-refractivity contribution is 5.48. The number of rotatable bonds is 6. The molecule has 1 atom stereocenters. The van der Waals surface area contributed by atoms with Crippen LogP contribution in [0.5, 0.6) is 0 Å². The molecule has 1 saturated heterocycles. The van der Waals surface area contributed by atoms with Gasteiger partial charge >= 0.3 is 0 Å². The Balaban J connectivity index is 1.55. The van der Waals surface area contributed by atoms with E-state index in [2.05, 4.69) is 34.4 Å². The van der Waals surface area contributed by atoms with Gasteiger partial charge in [-0.15, -0.1) is 0 Å². The van der Waals surface area contributed by atoms with Gasteiger partial charge in [-0.25, -0.2) is 0 Å². The number of hydrogen-bond acceptors (Lipinski definition) is 4. The molecule has 0 saturated carbocycles. The largest absolute Gasteiger partial charge is 0.337 e. The van der Waals surface area contributed by atoms with Crippen molar-refractivity contribution in [2.45, 2.75) is 44.6 Å². The Morgan fingerprint density at radius 1 is 1.23 bits per heavy atom. The van der Waals surface area contributed by atoms with Crippen LogP contribution >= 0.6 is 0 Å². The third kappa shape index (κ3) is 3.53. The molecular formula is C17H21N3O2. The monoisotopic (exact) mass is 299 g/mol. The first-order valence-corrected chi connectivity index (χ1v) is 7.94. The number of hydrogen-bond donors (Lipinski definition) is 0. The van der Waals surface area contributed by atoms with Gasteiger partial charge in [0.05, 0.1) is 0 Å². The van der Waals surface area contributed by atoms with Crippen molar-refractivity contribution in [3.05, 3.63) is 47.6 Å². The van der Waals surface area contributed by atoms with E-state index >= 15 is 0 Å². The van der Waals surface area contributed by atoms with Gasteiger partial charge in [-0.1, -0.05) is 35.5 Å². The van der Waals surface area contributed by atoms with Gasteiger partial charge < -0.3 is 9.42 Å². The molecule has 2 aromatic rings. The smallest absolute Gasteiger partial charge is 0.249 e. The number of aryl methyl sites for hydroxylation is 2. The molecule has 0 aliphatic carbocycles. The van der Waals surface area contributed by atoms with E-state index in [0.29, 0.717) is 5.89 Å². The summed E-state index contributed by atoms with van der Waals surface area (Å²) in [5, 5.41) is 4.06. The Morgan fingerprint density at radius 2 is 2.09 bits per heavy atom. The predicted octanol–water partition coefficient (Wildman–Crippen LogP) is 2.93. The Bertz CT molecular complexity index is 597. The molecule has 1 aliphatic heterocycles. The Kier molecular flexibility index (Phi) is 4.83. The number of aromatic nitrogens is 2. The first-order chi connectivity index (χ1) is 10.9. The van der Waals surface area contributed by atoms with Crippen LogP contribution in [0.4, 0.5) is 0 Å². The third-order valence-electron chi connectivity index (χ3n) is 4.16. The number of piperidine rings is 1. The zero-order valence-corrected chi connectivity index (χ0v) is 12.6. The topological polar surface area (TPSA) is 59.2 Å². The molecular weight excluding hydrogens is 278 g/mol. The van der Waals surface area contributed by atoms with E-state index in [-0.39, 0.29) is 6.04 Å². The second-order valence-corrected chi connectivity index (χ2v) is 5.74. The number of carbonyl (C=O) groups excluding carboxylic acids is 1. The van der Waals surface area contributed by atoms with Crippen LogP contribution in [0.2, 0.25) is 0 Å². The molecule has 5 nitrogen and oxygen atoms in total. The highest BCUT2D eigenvalue weighted by atomic mass is 16.5. The normalized spacial score (nSPS) is 18.4. The van der Waals surface area contributed by atoms with Crippen LogP contribution in [0.15, 0.2) is 34.9 Å². The zero-order chi connectivity index (χ0) is 15.2. The van der Waals surface area contributed by atoms with Crippen LogP contribution in [0.25, 0.3) is 0 Å². The third-order valence-corrected chi connectivity index (χ3v) is 4.16. The van der Waals surface area contributed by atoms with E-state index < -0.39 is 0 Å². The van der Waals surface area contributed by atoms with Gasteiger partial charge in [0.25, 0.3) is 0 Å². The summed E-state index contributed by atoms with van der Waals surface area (Å²) in [7, 11) is 0. The summed E-state index contributed by atoms with van der Waals surface area (Å²) < 4.78 is 5.38. The lowest BCUT2D eigenvalue weighted by atomic mass is 10.0. The highest BCUT2D eigenvalue weighted by Crippen LogP contribution is 2.28. The maximum Gasteiger partial charge on any atom is 0.249 e. The van der Waals surface area contributed by atoms with Crippen molar-refractivity contribution < 1.29 is 9.32 Å². The van der Waals surface area contributed by atoms with Crippen LogP contribution in [0.3, 0.4) is 0 Å². The van der Waals surface area contributed by atoms with Gasteiger partial charge in [0, 0.05) is 13.0 Å². The second-order valence-electron chi connectivity index (χ2n) is 5.74. The summed E-state index contributed by atoms with van der Waals surface area (Å²) in [6.45, 7) is 0.778. The summed E-state index contributed by atoms with van der Waals surface area (Å²) in [5.41, 5.74) is 1.32. The fraction of sp³-hybridized carbons (Fsp3) is 0.471. The fourth-order valence-corrected chi connectivity index (χ4v) is 2.94. The molecule has 1 aliphatic rings. The summed E-state index contributed by atoms with van der Waals surface area (Å²) in [4.78, 5) is 17.4. The average molecular weight is 299 g/mol. The number of likely N-dealkylation sites (tertiary alicyclic amines) is 1. The Hall–Kier alpha value is -2.17. The lowest BCUT2D eigenvalue weighted by molar-refractivity contribution is -0.122. The molecule has 2 heterocycles. The molecule has 116 valence electrons. The first-order valence-electron chi connectivity index (χ1n) is 7.94. The van der Waals surface area contributed by atoms with Crippen LogP contribution in [0, 0.1) is 0 Å². The maximum atomic E-state index is 11.1. The van der Waals surface area contributed by atoms with Gasteiger partial charge in [-0.2, -0.15) is 4.98 Å². The van der Waals surface area contributed by atoms with Crippen molar-refractivity contribution in [3.63, 3.8) is 0 Å². The van der Waals surface area contributed by atoms with Crippen molar-refractivity contribution in [2.75, 3.05) is 6.54 Å². The van der Waals surface area contributed by atoms with E-state index in [1.165, 1.54) is 5.56 Å². The predicted molar refractivity (Wildman–Crippen MR) is 82.1 cm³/mol. The van der Waals surface area contributed by atoms with E-state index in [9.17, 15) is 4.79 Å². The SMILES string of the molecule is O=CN1CCCCC1c1nc(CCCc2ccccc2)no1. The molecule has 1 aromatic heterocycles. The minimum absolute atomic E-state index is 0.0402. The molecule has 22 heavy (non-hydrogen) atoms. The fourth-order valence-electron chi connectivity index (χ4n) is 2.94. The second kappa shape index (κ2) is 7.20. The molecule has 1 fully saturated rings. The Morgan fingerprint density at radius 3 is 2.91 bits per heavy atom. The van der Waals surface area contributed by atoms with Crippen molar-refractivity contribution >= 4 is 6.41 Å². The van der Waals surface area contributed by atoms with E-state index in [1.54, 1.807) is 4.90 Å². The molecule has 1 aromatic carbocycles. The highest BCUT2D eigenvalue weighted by Gasteiger charge is 2.27. The number of carbonyl (C=O) groups is 1. The summed E-state index contributed by atoms with van der Waals surface area (Å²) in [6.07, 6.45) is 6.74. The number of benzene rings is 1. The quantitative estimate of drug-likeness (QED) is 0.769. The van der Waals surface area contributed by atoms with E-state index in [4.69, 9.17) is 4.52 Å². The van der Waals surface area contributed by atoms with Gasteiger partial charge in [0.1, 0.15) is 6.04 Å². The first kappa shape index (κ1) is 14.8. The molecule has 0 radical (unpaired) electrons. The lowest BCUT2D eigenvalue weighted by Gasteiger charge is -2.29. The molecule has 0 spiro atoms. The zero-order valence-electron chi connectivity index (χ0n) is 12.6. The van der Waals surface area contributed by atoms with E-state index in [1.807, 2.05) is 6.07 Å². The van der Waals surface area contributed by atoms with Crippen LogP contribution in [0.1, 0.15) is 49.0 Å². The Labute approximate surface area is 130 Å². The van der Waals surface area contributed by atoms with Crippen LogP contribution in [-0.4, -0.2) is 28.0 Å². The molecule has 0 bridgehead atoms. The van der Waals surface area contributed by atoms with Gasteiger partial charge in [-0.3, -0.25) is 4.79 Å². The molecule has 3 rings (SSSR count). The van der Waals surface area contributed by atoms with E-state index in [0.717, 1.165) is 57.3 Å². The summed E-state index contributed by atoms with van der Waals surface area (Å²) in [5.74, 6) is 1.32.